The van der Waals surface area contributed by atoms with E-state index in [4.69, 9.17) is 18.9 Å². The summed E-state index contributed by atoms with van der Waals surface area (Å²) in [6.45, 7) is 6.12. The maximum atomic E-state index is 11.6. The van der Waals surface area contributed by atoms with E-state index in [2.05, 4.69) is 10.2 Å². The fraction of sp³-hybridized carbons (Fsp3) is 0.429. The lowest BCUT2D eigenvalue weighted by atomic mass is 10.1. The van der Waals surface area contributed by atoms with Gasteiger partial charge in [-0.1, -0.05) is 17.7 Å². The molecule has 0 aromatic heterocycles. The number of benzene rings is 1. The van der Waals surface area contributed by atoms with E-state index in [1.807, 2.05) is 19.1 Å². The van der Waals surface area contributed by atoms with Crippen molar-refractivity contribution in [3.05, 3.63) is 42.1 Å². The Morgan fingerprint density at radius 1 is 0.871 bits per heavy atom. The average molecular weight is 434 g/mol. The lowest BCUT2D eigenvalue weighted by Gasteiger charge is -2.30. The molecular formula is C21H26N2O8. The van der Waals surface area contributed by atoms with Crippen LogP contribution in [0.25, 0.3) is 0 Å². The molecule has 0 aliphatic carbocycles. The smallest absolute Gasteiger partial charge is 0.303 e. The highest BCUT2D eigenvalue weighted by Crippen LogP contribution is 2.17. The molecule has 0 unspecified atom stereocenters. The van der Waals surface area contributed by atoms with Crippen molar-refractivity contribution in [2.45, 2.75) is 52.9 Å². The molecule has 0 heterocycles. The zero-order valence-electron chi connectivity index (χ0n) is 18.1. The third-order valence-corrected chi connectivity index (χ3v) is 3.61. The highest BCUT2D eigenvalue weighted by atomic mass is 16.6. The fourth-order valence-corrected chi connectivity index (χ4v) is 2.40. The molecule has 1 rings (SSSR count). The standard InChI is InChI=1S/C21H26N2O8/c1-13-6-8-18(9-7-13)23-22-11-10-19(29-15(3)25)21(31-17(5)27)20(30-16(4)26)12-28-14(2)24/h6-11,19-21H,12H2,1-5H3/b11-10+,23-22?/t19-,20-,21-/m1/s1. The van der Waals surface area contributed by atoms with Crippen molar-refractivity contribution in [3.8, 4) is 0 Å². The number of rotatable bonds is 10. The summed E-state index contributed by atoms with van der Waals surface area (Å²) in [7, 11) is 0. The SMILES string of the molecule is CC(=O)OC[C@@H](OC(C)=O)[C@H](OC(C)=O)[C@@H](/C=C/N=Nc1ccc(C)cc1)OC(C)=O. The second-order valence-corrected chi connectivity index (χ2v) is 6.49. The zero-order chi connectivity index (χ0) is 23.4. The molecule has 10 heteroatoms. The van der Waals surface area contributed by atoms with E-state index in [0.717, 1.165) is 26.3 Å². The first-order chi connectivity index (χ1) is 14.6. The van der Waals surface area contributed by atoms with Crippen LogP contribution in [0, 0.1) is 6.92 Å². The van der Waals surface area contributed by atoms with E-state index in [9.17, 15) is 19.2 Å². The van der Waals surface area contributed by atoms with Crippen molar-refractivity contribution in [2.24, 2.45) is 10.2 Å². The molecule has 31 heavy (non-hydrogen) atoms. The molecule has 0 radical (unpaired) electrons. The van der Waals surface area contributed by atoms with E-state index >= 15 is 0 Å². The molecular weight excluding hydrogens is 408 g/mol. The van der Waals surface area contributed by atoms with Crippen LogP contribution in [0.2, 0.25) is 0 Å². The summed E-state index contributed by atoms with van der Waals surface area (Å²) in [5, 5.41) is 7.90. The van der Waals surface area contributed by atoms with Crippen molar-refractivity contribution < 1.29 is 38.1 Å². The predicted molar refractivity (Wildman–Crippen MR) is 108 cm³/mol. The van der Waals surface area contributed by atoms with Crippen molar-refractivity contribution in [2.75, 3.05) is 6.61 Å². The Balaban J connectivity index is 3.14. The minimum Gasteiger partial charge on any atom is -0.462 e. The van der Waals surface area contributed by atoms with Crippen molar-refractivity contribution in [3.63, 3.8) is 0 Å². The largest absolute Gasteiger partial charge is 0.462 e. The monoisotopic (exact) mass is 434 g/mol. The summed E-state index contributed by atoms with van der Waals surface area (Å²) in [4.78, 5) is 45.9. The van der Waals surface area contributed by atoms with Crippen LogP contribution in [0.1, 0.15) is 33.3 Å². The summed E-state index contributed by atoms with van der Waals surface area (Å²) in [6.07, 6.45) is -1.15. The van der Waals surface area contributed by atoms with E-state index in [1.54, 1.807) is 12.1 Å². The van der Waals surface area contributed by atoms with Gasteiger partial charge in [-0.05, 0) is 25.1 Å². The van der Waals surface area contributed by atoms with Gasteiger partial charge < -0.3 is 18.9 Å². The van der Waals surface area contributed by atoms with Crippen LogP contribution in [-0.4, -0.2) is 48.8 Å². The van der Waals surface area contributed by atoms with Gasteiger partial charge in [0.05, 0.1) is 5.69 Å². The number of esters is 4. The molecule has 0 N–H and O–H groups in total. The van der Waals surface area contributed by atoms with Gasteiger partial charge in [-0.2, -0.15) is 10.2 Å². The molecule has 0 amide bonds. The van der Waals surface area contributed by atoms with Crippen molar-refractivity contribution in [1.82, 2.24) is 0 Å². The first kappa shape index (κ1) is 25.5. The summed E-state index contributed by atoms with van der Waals surface area (Å²) >= 11 is 0. The molecule has 0 aliphatic rings. The summed E-state index contributed by atoms with van der Waals surface area (Å²) in [6, 6.07) is 7.28. The lowest BCUT2D eigenvalue weighted by Crippen LogP contribution is -2.46. The molecule has 0 saturated heterocycles. The molecule has 1 aromatic carbocycles. The van der Waals surface area contributed by atoms with Crippen LogP contribution in [0.5, 0.6) is 0 Å². The third kappa shape index (κ3) is 10.7. The van der Waals surface area contributed by atoms with Gasteiger partial charge in [-0.15, -0.1) is 0 Å². The first-order valence-electron chi connectivity index (χ1n) is 9.37. The Morgan fingerprint density at radius 2 is 1.45 bits per heavy atom. The number of ether oxygens (including phenoxy) is 4. The molecule has 0 fully saturated rings. The highest BCUT2D eigenvalue weighted by molar-refractivity contribution is 5.69. The van der Waals surface area contributed by atoms with Crippen LogP contribution in [0.4, 0.5) is 5.69 Å². The molecule has 3 atom stereocenters. The highest BCUT2D eigenvalue weighted by Gasteiger charge is 2.36. The van der Waals surface area contributed by atoms with Crippen LogP contribution < -0.4 is 0 Å². The van der Waals surface area contributed by atoms with Crippen LogP contribution in [0.15, 0.2) is 46.8 Å². The second kappa shape index (κ2) is 12.9. The summed E-state index contributed by atoms with van der Waals surface area (Å²) in [5.74, 6) is -2.75. The number of nitrogens with zero attached hydrogens (tertiary/aromatic N) is 2. The average Bonchev–Trinajstić information content (AvgIpc) is 2.66. The Hall–Kier alpha value is -3.56. The Labute approximate surface area is 180 Å². The zero-order valence-corrected chi connectivity index (χ0v) is 18.1. The van der Waals surface area contributed by atoms with E-state index in [-0.39, 0.29) is 0 Å². The fourth-order valence-electron chi connectivity index (χ4n) is 2.40. The summed E-state index contributed by atoms with van der Waals surface area (Å²) in [5.41, 5.74) is 1.67. The Morgan fingerprint density at radius 3 is 1.97 bits per heavy atom. The number of carbonyl (C=O) groups is 4. The number of carbonyl (C=O) groups excluding carboxylic acids is 4. The normalized spacial score (nSPS) is 14.0. The van der Waals surface area contributed by atoms with Crippen LogP contribution in [-0.2, 0) is 38.1 Å². The van der Waals surface area contributed by atoms with Crippen molar-refractivity contribution >= 4 is 29.6 Å². The molecule has 0 spiro atoms. The van der Waals surface area contributed by atoms with Gasteiger partial charge in [-0.25, -0.2) is 0 Å². The maximum Gasteiger partial charge on any atom is 0.303 e. The van der Waals surface area contributed by atoms with Gasteiger partial charge in [0.2, 0.25) is 0 Å². The van der Waals surface area contributed by atoms with Gasteiger partial charge in [0, 0.05) is 33.9 Å². The number of hydrogen-bond acceptors (Lipinski definition) is 10. The Bertz CT molecular complexity index is 832. The Kier molecular flexibility index (Phi) is 10.6. The molecule has 1 aromatic rings. The van der Waals surface area contributed by atoms with E-state index in [1.165, 1.54) is 19.2 Å². The van der Waals surface area contributed by atoms with Gasteiger partial charge in [0.25, 0.3) is 0 Å². The van der Waals surface area contributed by atoms with Crippen LogP contribution >= 0.6 is 0 Å². The maximum absolute atomic E-state index is 11.6. The quantitative estimate of drug-likeness (QED) is 0.312. The van der Waals surface area contributed by atoms with Gasteiger partial charge in [0.1, 0.15) is 6.61 Å². The number of azo groups is 1. The minimum absolute atomic E-state index is 0.413. The molecule has 0 aliphatic heterocycles. The van der Waals surface area contributed by atoms with Gasteiger partial charge in [0.15, 0.2) is 18.3 Å². The lowest BCUT2D eigenvalue weighted by molar-refractivity contribution is -0.185. The van der Waals surface area contributed by atoms with Crippen LogP contribution in [0.3, 0.4) is 0 Å². The third-order valence-electron chi connectivity index (χ3n) is 3.61. The minimum atomic E-state index is -1.30. The van der Waals surface area contributed by atoms with Gasteiger partial charge in [-0.3, -0.25) is 19.2 Å². The van der Waals surface area contributed by atoms with Gasteiger partial charge >= 0.3 is 23.9 Å². The molecule has 0 bridgehead atoms. The summed E-state index contributed by atoms with van der Waals surface area (Å²) < 4.78 is 20.5. The number of hydrogen-bond donors (Lipinski definition) is 0. The molecule has 0 saturated carbocycles. The predicted octanol–water partition coefficient (Wildman–Crippen LogP) is 2.95. The van der Waals surface area contributed by atoms with Crippen molar-refractivity contribution in [1.29, 1.82) is 0 Å². The second-order valence-electron chi connectivity index (χ2n) is 6.49. The number of aryl methyl sites for hydroxylation is 1. The molecule has 10 nitrogen and oxygen atoms in total. The topological polar surface area (TPSA) is 130 Å². The first-order valence-corrected chi connectivity index (χ1v) is 9.37. The van der Waals surface area contributed by atoms with E-state index < -0.39 is 48.8 Å². The van der Waals surface area contributed by atoms with E-state index in [0.29, 0.717) is 5.69 Å². The molecule has 168 valence electrons.